The van der Waals surface area contributed by atoms with Crippen LogP contribution in [0.2, 0.25) is 0 Å². The fraction of sp³-hybridized carbons (Fsp3) is 0.818. The molecule has 2 N–H and O–H groups in total. The van der Waals surface area contributed by atoms with Crippen LogP contribution in [-0.2, 0) is 9.53 Å². The number of carboxylic acids is 1. The number of hydrogen-bond donors (Lipinski definition) is 2. The second-order valence-electron chi connectivity index (χ2n) is 4.14. The SMILES string of the molecule is CCOCCN(CC)C(=O)NC(C)(C)C(=O)O. The van der Waals surface area contributed by atoms with E-state index >= 15 is 0 Å². The number of carbonyl (C=O) groups excluding carboxylic acids is 1. The standard InChI is InChI=1S/C11H22N2O4/c1-5-13(7-8-17-6-2)10(16)12-11(3,4)9(14)15/h5-8H2,1-4H3,(H,12,16)(H,14,15). The molecule has 0 bridgehead atoms. The Balaban J connectivity index is 4.30. The molecule has 0 aromatic carbocycles. The van der Waals surface area contributed by atoms with Crippen molar-refractivity contribution in [2.75, 3.05) is 26.3 Å². The highest BCUT2D eigenvalue weighted by atomic mass is 16.5. The molecule has 100 valence electrons. The van der Waals surface area contributed by atoms with Crippen molar-refractivity contribution in [1.29, 1.82) is 0 Å². The molecule has 6 nitrogen and oxygen atoms in total. The van der Waals surface area contributed by atoms with Crippen LogP contribution in [0.25, 0.3) is 0 Å². The van der Waals surface area contributed by atoms with Gasteiger partial charge >= 0.3 is 12.0 Å². The molecule has 0 fully saturated rings. The summed E-state index contributed by atoms with van der Waals surface area (Å²) >= 11 is 0. The van der Waals surface area contributed by atoms with E-state index < -0.39 is 11.5 Å². The van der Waals surface area contributed by atoms with E-state index in [2.05, 4.69) is 5.32 Å². The summed E-state index contributed by atoms with van der Waals surface area (Å²) in [6, 6.07) is -0.389. The van der Waals surface area contributed by atoms with Crippen molar-refractivity contribution in [3.05, 3.63) is 0 Å². The van der Waals surface area contributed by atoms with Crippen molar-refractivity contribution in [1.82, 2.24) is 10.2 Å². The summed E-state index contributed by atoms with van der Waals surface area (Å²) in [6.07, 6.45) is 0. The minimum absolute atomic E-state index is 0.389. The third-order valence-electron chi connectivity index (χ3n) is 2.33. The first kappa shape index (κ1) is 15.7. The maximum Gasteiger partial charge on any atom is 0.328 e. The second-order valence-corrected chi connectivity index (χ2v) is 4.14. The van der Waals surface area contributed by atoms with Crippen LogP contribution in [0.1, 0.15) is 27.7 Å². The summed E-state index contributed by atoms with van der Waals surface area (Å²) in [6.45, 7) is 8.61. The molecule has 0 aliphatic carbocycles. The third kappa shape index (κ3) is 5.53. The Hall–Kier alpha value is -1.30. The largest absolute Gasteiger partial charge is 0.480 e. The van der Waals surface area contributed by atoms with Gasteiger partial charge in [-0.25, -0.2) is 9.59 Å². The summed E-state index contributed by atoms with van der Waals surface area (Å²) in [5, 5.41) is 11.4. The number of aliphatic carboxylic acids is 1. The Bertz CT molecular complexity index is 266. The van der Waals surface area contributed by atoms with Gasteiger partial charge in [-0.2, -0.15) is 0 Å². The Morgan fingerprint density at radius 3 is 2.35 bits per heavy atom. The van der Waals surface area contributed by atoms with Crippen molar-refractivity contribution in [2.45, 2.75) is 33.2 Å². The van der Waals surface area contributed by atoms with Gasteiger partial charge in [0.15, 0.2) is 0 Å². The lowest BCUT2D eigenvalue weighted by Gasteiger charge is -2.27. The van der Waals surface area contributed by atoms with E-state index in [1.54, 1.807) is 0 Å². The van der Waals surface area contributed by atoms with Gasteiger partial charge in [0.25, 0.3) is 0 Å². The number of urea groups is 1. The lowest BCUT2D eigenvalue weighted by Crippen LogP contribution is -2.54. The lowest BCUT2D eigenvalue weighted by atomic mass is 10.1. The number of carboxylic acid groups (broad SMARTS) is 1. The number of nitrogens with zero attached hydrogens (tertiary/aromatic N) is 1. The monoisotopic (exact) mass is 246 g/mol. The van der Waals surface area contributed by atoms with Gasteiger partial charge < -0.3 is 20.1 Å². The van der Waals surface area contributed by atoms with Gasteiger partial charge in [0, 0.05) is 19.7 Å². The maximum atomic E-state index is 11.8. The predicted octanol–water partition coefficient (Wildman–Crippen LogP) is 0.918. The first-order valence-corrected chi connectivity index (χ1v) is 5.73. The first-order valence-electron chi connectivity index (χ1n) is 5.73. The Morgan fingerprint density at radius 1 is 1.35 bits per heavy atom. The van der Waals surface area contributed by atoms with Gasteiger partial charge in [0.2, 0.25) is 0 Å². The van der Waals surface area contributed by atoms with Crippen molar-refractivity contribution < 1.29 is 19.4 Å². The molecule has 0 aliphatic rings. The molecule has 0 unspecified atom stereocenters. The highest BCUT2D eigenvalue weighted by Gasteiger charge is 2.30. The molecule has 0 saturated heterocycles. The molecular weight excluding hydrogens is 224 g/mol. The van der Waals surface area contributed by atoms with E-state index in [0.717, 1.165) is 0 Å². The zero-order valence-corrected chi connectivity index (χ0v) is 10.9. The molecule has 6 heteroatoms. The van der Waals surface area contributed by atoms with Crippen LogP contribution in [0.15, 0.2) is 0 Å². The summed E-state index contributed by atoms with van der Waals surface area (Å²) in [5.41, 5.74) is -1.27. The van der Waals surface area contributed by atoms with Gasteiger partial charge in [-0.1, -0.05) is 0 Å². The van der Waals surface area contributed by atoms with Gasteiger partial charge in [0.05, 0.1) is 6.61 Å². The van der Waals surface area contributed by atoms with Crippen LogP contribution < -0.4 is 5.32 Å². The van der Waals surface area contributed by atoms with Crippen molar-refractivity contribution in [3.63, 3.8) is 0 Å². The third-order valence-corrected chi connectivity index (χ3v) is 2.33. The molecule has 2 amide bonds. The highest BCUT2D eigenvalue weighted by molar-refractivity contribution is 5.85. The number of likely N-dealkylation sites (N-methyl/N-ethyl adjacent to an activating group) is 1. The van der Waals surface area contributed by atoms with E-state index in [1.807, 2.05) is 13.8 Å². The van der Waals surface area contributed by atoms with Gasteiger partial charge in [-0.3, -0.25) is 0 Å². The smallest absolute Gasteiger partial charge is 0.328 e. The van der Waals surface area contributed by atoms with E-state index in [4.69, 9.17) is 9.84 Å². The van der Waals surface area contributed by atoms with Gasteiger partial charge in [-0.05, 0) is 27.7 Å². The van der Waals surface area contributed by atoms with Crippen LogP contribution in [0.4, 0.5) is 4.79 Å². The molecule has 0 rings (SSSR count). The number of ether oxygens (including phenoxy) is 1. The molecule has 0 aromatic rings. The average molecular weight is 246 g/mol. The van der Waals surface area contributed by atoms with Crippen molar-refractivity contribution in [2.24, 2.45) is 0 Å². The Kier molecular flexibility index (Phi) is 6.57. The molecule has 0 aromatic heterocycles. The van der Waals surface area contributed by atoms with Crippen LogP contribution in [0, 0.1) is 0 Å². The summed E-state index contributed by atoms with van der Waals surface area (Å²) in [4.78, 5) is 24.2. The summed E-state index contributed by atoms with van der Waals surface area (Å²) in [5.74, 6) is -1.06. The van der Waals surface area contributed by atoms with Crippen LogP contribution in [0.5, 0.6) is 0 Å². The molecule has 17 heavy (non-hydrogen) atoms. The zero-order chi connectivity index (χ0) is 13.5. The number of carbonyl (C=O) groups is 2. The normalized spacial score (nSPS) is 11.1. The molecular formula is C11H22N2O4. The molecule has 0 saturated carbocycles. The molecule has 0 heterocycles. The van der Waals surface area contributed by atoms with Crippen molar-refractivity contribution in [3.8, 4) is 0 Å². The Labute approximate surface area is 102 Å². The molecule has 0 radical (unpaired) electrons. The zero-order valence-electron chi connectivity index (χ0n) is 10.9. The summed E-state index contributed by atoms with van der Waals surface area (Å²) < 4.78 is 5.16. The number of amides is 2. The molecule has 0 spiro atoms. The fourth-order valence-electron chi connectivity index (χ4n) is 1.12. The first-order chi connectivity index (χ1) is 7.85. The lowest BCUT2D eigenvalue weighted by molar-refractivity contribution is -0.143. The number of rotatable bonds is 7. The quantitative estimate of drug-likeness (QED) is 0.655. The van der Waals surface area contributed by atoms with Gasteiger partial charge in [0.1, 0.15) is 5.54 Å². The average Bonchev–Trinajstić information content (AvgIpc) is 2.23. The predicted molar refractivity (Wildman–Crippen MR) is 64.0 cm³/mol. The fourth-order valence-corrected chi connectivity index (χ4v) is 1.12. The van der Waals surface area contributed by atoms with E-state index in [0.29, 0.717) is 26.3 Å². The number of nitrogens with one attached hydrogen (secondary N) is 1. The number of hydrogen-bond acceptors (Lipinski definition) is 3. The second kappa shape index (κ2) is 7.11. The Morgan fingerprint density at radius 2 is 1.94 bits per heavy atom. The minimum Gasteiger partial charge on any atom is -0.480 e. The highest BCUT2D eigenvalue weighted by Crippen LogP contribution is 2.03. The van der Waals surface area contributed by atoms with Gasteiger partial charge in [-0.15, -0.1) is 0 Å². The topological polar surface area (TPSA) is 78.9 Å². The van der Waals surface area contributed by atoms with E-state index in [9.17, 15) is 9.59 Å². The van der Waals surface area contributed by atoms with Crippen LogP contribution >= 0.6 is 0 Å². The van der Waals surface area contributed by atoms with Crippen LogP contribution in [-0.4, -0.2) is 53.8 Å². The van der Waals surface area contributed by atoms with Crippen LogP contribution in [0.3, 0.4) is 0 Å². The van der Waals surface area contributed by atoms with E-state index in [-0.39, 0.29) is 6.03 Å². The maximum absolute atomic E-state index is 11.8. The molecule has 0 atom stereocenters. The minimum atomic E-state index is -1.27. The van der Waals surface area contributed by atoms with E-state index in [1.165, 1.54) is 18.7 Å². The summed E-state index contributed by atoms with van der Waals surface area (Å²) in [7, 11) is 0. The molecule has 0 aliphatic heterocycles. The van der Waals surface area contributed by atoms with Crippen molar-refractivity contribution >= 4 is 12.0 Å².